The molecule has 170 valence electrons. The van der Waals surface area contributed by atoms with Crippen molar-refractivity contribution in [2.75, 3.05) is 19.0 Å². The van der Waals surface area contributed by atoms with Gasteiger partial charge in [0.15, 0.2) is 5.01 Å². The first-order chi connectivity index (χ1) is 16.0. The molecule has 1 aliphatic heterocycles. The Bertz CT molecular complexity index is 1220. The number of rotatable bonds is 6. The summed E-state index contributed by atoms with van der Waals surface area (Å²) in [6, 6.07) is 1.29. The average Bonchev–Trinajstić information content (AvgIpc) is 3.76. The van der Waals surface area contributed by atoms with E-state index in [4.69, 9.17) is 4.74 Å². The summed E-state index contributed by atoms with van der Waals surface area (Å²) >= 11 is 1.20. The summed E-state index contributed by atoms with van der Waals surface area (Å²) in [5.41, 5.74) is 1.95. The number of hydrogen-bond acceptors (Lipinski definition) is 7. The molecule has 10 heteroatoms. The highest BCUT2D eigenvalue weighted by Gasteiger charge is 2.31. The number of anilines is 1. The fourth-order valence-corrected chi connectivity index (χ4v) is 4.12. The van der Waals surface area contributed by atoms with Crippen molar-refractivity contribution in [1.29, 1.82) is 0 Å². The van der Waals surface area contributed by atoms with Crippen molar-refractivity contribution in [2.45, 2.75) is 32.1 Å². The number of pyridine rings is 1. The fraction of sp³-hybridized carbons (Fsp3) is 0.391. The summed E-state index contributed by atoms with van der Waals surface area (Å²) in [6.07, 6.45) is 4.72. The zero-order valence-electron chi connectivity index (χ0n) is 17.8. The van der Waals surface area contributed by atoms with Crippen LogP contribution in [0.4, 0.5) is 13.9 Å². The van der Waals surface area contributed by atoms with Crippen LogP contribution in [0.1, 0.15) is 48.4 Å². The molecule has 3 aliphatic rings. The molecule has 7 nitrogen and oxygen atoms in total. The number of nitrogens with one attached hydrogen (secondary N) is 2. The number of alkyl halides is 2. The van der Waals surface area contributed by atoms with Gasteiger partial charge in [0, 0.05) is 29.3 Å². The van der Waals surface area contributed by atoms with Crippen LogP contribution in [0.3, 0.4) is 0 Å². The molecular formula is C23H21F2N5O2S. The fourth-order valence-electron chi connectivity index (χ4n) is 3.52. The smallest absolute Gasteiger partial charge is 0.280 e. The van der Waals surface area contributed by atoms with Gasteiger partial charge in [-0.15, -0.1) is 10.2 Å². The topological polar surface area (TPSA) is 89.0 Å². The number of halogens is 2. The van der Waals surface area contributed by atoms with E-state index < -0.39 is 6.43 Å². The van der Waals surface area contributed by atoms with Crippen molar-refractivity contribution >= 4 is 27.9 Å². The molecule has 0 aromatic carbocycles. The molecule has 2 aromatic heterocycles. The minimum Gasteiger partial charge on any atom is -0.494 e. The van der Waals surface area contributed by atoms with Gasteiger partial charge in [-0.3, -0.25) is 15.1 Å². The SMILES string of the molecule is COc1cnc(C(F)F)cc1C1=C(C(=O)Nc2nnc(C#CC3CC3)s2)CNC(C2CC2)=C1. The molecular weight excluding hydrogens is 448 g/mol. The van der Waals surface area contributed by atoms with Gasteiger partial charge in [0.1, 0.15) is 11.4 Å². The van der Waals surface area contributed by atoms with Gasteiger partial charge in [0.05, 0.1) is 13.3 Å². The summed E-state index contributed by atoms with van der Waals surface area (Å²) in [7, 11) is 1.45. The molecule has 0 atom stereocenters. The minimum atomic E-state index is -2.74. The van der Waals surface area contributed by atoms with Crippen LogP contribution >= 0.6 is 11.3 Å². The molecule has 2 N–H and O–H groups in total. The number of allylic oxidation sites excluding steroid dienone is 3. The highest BCUT2D eigenvalue weighted by atomic mass is 32.1. The number of amides is 1. The van der Waals surface area contributed by atoms with Crippen LogP contribution in [0.5, 0.6) is 5.75 Å². The molecule has 3 heterocycles. The molecule has 0 saturated heterocycles. The lowest BCUT2D eigenvalue weighted by atomic mass is 9.94. The van der Waals surface area contributed by atoms with Gasteiger partial charge in [-0.1, -0.05) is 17.3 Å². The highest BCUT2D eigenvalue weighted by molar-refractivity contribution is 7.15. The molecule has 2 saturated carbocycles. The molecule has 33 heavy (non-hydrogen) atoms. The number of ether oxygens (including phenoxy) is 1. The summed E-state index contributed by atoms with van der Waals surface area (Å²) in [5, 5.41) is 15.0. The van der Waals surface area contributed by atoms with E-state index in [1.165, 1.54) is 30.7 Å². The van der Waals surface area contributed by atoms with Gasteiger partial charge in [0.25, 0.3) is 12.3 Å². The minimum absolute atomic E-state index is 0.256. The summed E-state index contributed by atoms with van der Waals surface area (Å²) in [4.78, 5) is 17.0. The molecule has 0 spiro atoms. The van der Waals surface area contributed by atoms with Crippen molar-refractivity contribution in [1.82, 2.24) is 20.5 Å². The van der Waals surface area contributed by atoms with Crippen LogP contribution in [-0.4, -0.2) is 34.7 Å². The second kappa shape index (κ2) is 8.90. The second-order valence-corrected chi connectivity index (χ2v) is 9.12. The Kier molecular flexibility index (Phi) is 5.81. The monoisotopic (exact) mass is 469 g/mol. The zero-order valence-corrected chi connectivity index (χ0v) is 18.6. The van der Waals surface area contributed by atoms with Gasteiger partial charge in [-0.05, 0) is 55.2 Å². The standard InChI is InChI=1S/C23H21F2N5O2S/c1-32-19-11-27-18(21(24)25)9-15(19)14-8-17(13-5-6-13)26-10-16(14)22(31)28-23-30-29-20(33-23)7-4-12-2-3-12/h8-9,11-13,21,26H,2-3,5-6,10H2,1H3,(H,28,30,31). The molecule has 2 aliphatic carbocycles. The number of carbonyl (C=O) groups excluding carboxylic acids is 1. The maximum atomic E-state index is 13.4. The van der Waals surface area contributed by atoms with E-state index >= 15 is 0 Å². The summed E-state index contributed by atoms with van der Waals surface area (Å²) < 4.78 is 32.1. The first-order valence-electron chi connectivity index (χ1n) is 10.7. The molecule has 0 radical (unpaired) electrons. The molecule has 5 rings (SSSR count). The van der Waals surface area contributed by atoms with Crippen LogP contribution < -0.4 is 15.4 Å². The number of aromatic nitrogens is 3. The van der Waals surface area contributed by atoms with Gasteiger partial charge in [-0.25, -0.2) is 8.78 Å². The maximum Gasteiger partial charge on any atom is 0.280 e. The third-order valence-electron chi connectivity index (χ3n) is 5.61. The van der Waals surface area contributed by atoms with E-state index in [0.717, 1.165) is 31.4 Å². The lowest BCUT2D eigenvalue weighted by Crippen LogP contribution is -2.29. The Morgan fingerprint density at radius 1 is 1.30 bits per heavy atom. The Morgan fingerprint density at radius 2 is 2.12 bits per heavy atom. The number of methoxy groups -OCH3 is 1. The van der Waals surface area contributed by atoms with Gasteiger partial charge < -0.3 is 10.1 Å². The van der Waals surface area contributed by atoms with Crippen LogP contribution in [0, 0.1) is 23.7 Å². The van der Waals surface area contributed by atoms with Gasteiger partial charge >= 0.3 is 0 Å². The Morgan fingerprint density at radius 3 is 2.82 bits per heavy atom. The molecule has 1 amide bonds. The third kappa shape index (κ3) is 4.88. The number of dihydropyridines is 1. The lowest BCUT2D eigenvalue weighted by molar-refractivity contribution is -0.112. The normalized spacial score (nSPS) is 17.8. The van der Waals surface area contributed by atoms with Crippen LogP contribution in [0.2, 0.25) is 0 Å². The first kappa shape index (κ1) is 21.5. The van der Waals surface area contributed by atoms with Crippen LogP contribution in [0.15, 0.2) is 29.6 Å². The predicted octanol–water partition coefficient (Wildman–Crippen LogP) is 3.93. The Hall–Kier alpha value is -3.32. The summed E-state index contributed by atoms with van der Waals surface area (Å²) in [5.74, 6) is 6.86. The summed E-state index contributed by atoms with van der Waals surface area (Å²) in [6.45, 7) is 0.256. The van der Waals surface area contributed by atoms with E-state index in [1.807, 2.05) is 6.08 Å². The largest absolute Gasteiger partial charge is 0.494 e. The molecule has 0 bridgehead atoms. The maximum absolute atomic E-state index is 13.4. The van der Waals surface area contributed by atoms with Crippen molar-refractivity contribution in [2.24, 2.45) is 11.8 Å². The highest BCUT2D eigenvalue weighted by Crippen LogP contribution is 2.40. The lowest BCUT2D eigenvalue weighted by Gasteiger charge is -2.23. The molecule has 2 aromatic rings. The first-order valence-corrected chi connectivity index (χ1v) is 11.5. The number of carbonyl (C=O) groups is 1. The molecule has 2 fully saturated rings. The van der Waals surface area contributed by atoms with E-state index in [0.29, 0.717) is 44.4 Å². The average molecular weight is 470 g/mol. The van der Waals surface area contributed by atoms with Crippen molar-refractivity contribution in [3.8, 4) is 17.6 Å². The number of hydrogen-bond donors (Lipinski definition) is 2. The van der Waals surface area contributed by atoms with Gasteiger partial charge in [0.2, 0.25) is 5.13 Å². The quantitative estimate of drug-likeness (QED) is 0.624. The van der Waals surface area contributed by atoms with E-state index in [2.05, 4.69) is 37.7 Å². The van der Waals surface area contributed by atoms with E-state index in [9.17, 15) is 13.6 Å². The predicted molar refractivity (Wildman–Crippen MR) is 120 cm³/mol. The Labute approximate surface area is 193 Å². The Balaban J connectivity index is 1.49. The van der Waals surface area contributed by atoms with Crippen molar-refractivity contribution < 1.29 is 18.3 Å². The zero-order chi connectivity index (χ0) is 22.9. The third-order valence-corrected chi connectivity index (χ3v) is 6.37. The van der Waals surface area contributed by atoms with Gasteiger partial charge in [-0.2, -0.15) is 0 Å². The van der Waals surface area contributed by atoms with E-state index in [1.54, 1.807) is 0 Å². The van der Waals surface area contributed by atoms with Crippen LogP contribution in [-0.2, 0) is 4.79 Å². The molecule has 0 unspecified atom stereocenters. The van der Waals surface area contributed by atoms with Crippen molar-refractivity contribution in [3.63, 3.8) is 0 Å². The number of nitrogens with zero attached hydrogens (tertiary/aromatic N) is 3. The van der Waals surface area contributed by atoms with Crippen LogP contribution in [0.25, 0.3) is 5.57 Å². The van der Waals surface area contributed by atoms with Crippen molar-refractivity contribution in [3.05, 3.63) is 45.9 Å². The second-order valence-electron chi connectivity index (χ2n) is 8.14. The van der Waals surface area contributed by atoms with E-state index in [-0.39, 0.29) is 18.1 Å².